The number of para-hydroxylation sites is 1. The molecule has 3 rings (SSSR count). The second-order valence-corrected chi connectivity index (χ2v) is 6.35. The van der Waals surface area contributed by atoms with Gasteiger partial charge in [0, 0.05) is 25.2 Å². The van der Waals surface area contributed by atoms with Gasteiger partial charge in [0.1, 0.15) is 0 Å². The Labute approximate surface area is 164 Å². The van der Waals surface area contributed by atoms with Crippen LogP contribution in [0.3, 0.4) is 0 Å². The molecule has 0 aliphatic carbocycles. The van der Waals surface area contributed by atoms with Gasteiger partial charge < -0.3 is 15.0 Å². The number of hydrogen-bond donors (Lipinski definition) is 1. The molecule has 1 saturated heterocycles. The molecule has 0 bridgehead atoms. The molecule has 0 spiro atoms. The maximum Gasteiger partial charge on any atom is 0.277 e. The number of nitro groups is 2. The van der Waals surface area contributed by atoms with Gasteiger partial charge in [-0.1, -0.05) is 17.7 Å². The summed E-state index contributed by atoms with van der Waals surface area (Å²) in [5.41, 5.74) is -0.291. The van der Waals surface area contributed by atoms with Crippen LogP contribution in [0.1, 0.15) is 10.4 Å². The van der Waals surface area contributed by atoms with Gasteiger partial charge >= 0.3 is 0 Å². The number of amides is 1. The topological polar surface area (TPSA) is 128 Å². The van der Waals surface area contributed by atoms with Crippen molar-refractivity contribution in [2.75, 3.05) is 36.5 Å². The summed E-state index contributed by atoms with van der Waals surface area (Å²) >= 11 is 6.31. The predicted molar refractivity (Wildman–Crippen MR) is 102 cm³/mol. The van der Waals surface area contributed by atoms with E-state index in [0.717, 1.165) is 18.2 Å². The smallest absolute Gasteiger partial charge is 0.277 e. The summed E-state index contributed by atoms with van der Waals surface area (Å²) in [5, 5.41) is 25.1. The molecule has 10 nitrogen and oxygen atoms in total. The number of anilines is 2. The van der Waals surface area contributed by atoms with Crippen molar-refractivity contribution in [2.24, 2.45) is 0 Å². The lowest BCUT2D eigenvalue weighted by atomic mass is 10.1. The molecule has 28 heavy (non-hydrogen) atoms. The molecule has 1 amide bonds. The maximum atomic E-state index is 12.7. The van der Waals surface area contributed by atoms with Crippen LogP contribution in [0.5, 0.6) is 0 Å². The average Bonchev–Trinajstić information content (AvgIpc) is 2.68. The molecule has 2 aromatic carbocycles. The summed E-state index contributed by atoms with van der Waals surface area (Å²) in [5.74, 6) is -0.719. The quantitative estimate of drug-likeness (QED) is 0.596. The van der Waals surface area contributed by atoms with Crippen LogP contribution in [0.25, 0.3) is 0 Å². The Kier molecular flexibility index (Phi) is 5.71. The highest BCUT2D eigenvalue weighted by molar-refractivity contribution is 6.34. The zero-order chi connectivity index (χ0) is 20.3. The molecule has 0 aromatic heterocycles. The van der Waals surface area contributed by atoms with Crippen LogP contribution in [0, 0.1) is 20.2 Å². The summed E-state index contributed by atoms with van der Waals surface area (Å²) in [6.45, 7) is 2.18. The summed E-state index contributed by atoms with van der Waals surface area (Å²) in [6, 6.07) is 7.75. The number of non-ortho nitro benzene ring substituents is 2. The Morgan fingerprint density at radius 2 is 1.68 bits per heavy atom. The highest BCUT2D eigenvalue weighted by Crippen LogP contribution is 2.35. The molecule has 0 unspecified atom stereocenters. The Balaban J connectivity index is 1.94. The van der Waals surface area contributed by atoms with E-state index in [2.05, 4.69) is 5.32 Å². The second-order valence-electron chi connectivity index (χ2n) is 5.94. The van der Waals surface area contributed by atoms with Crippen molar-refractivity contribution < 1.29 is 19.4 Å². The standard InChI is InChI=1S/C17H15ClN4O6/c18-14-2-1-3-15(16(14)20-4-6-28-7-5-20)19-17(23)11-8-12(21(24)25)10-13(9-11)22(26)27/h1-3,8-10H,4-7H2,(H,19,23). The maximum absolute atomic E-state index is 12.7. The zero-order valence-electron chi connectivity index (χ0n) is 14.5. The highest BCUT2D eigenvalue weighted by Gasteiger charge is 2.22. The van der Waals surface area contributed by atoms with E-state index in [0.29, 0.717) is 42.7 Å². The molecule has 0 atom stereocenters. The number of hydrogen-bond acceptors (Lipinski definition) is 7. The molecule has 0 saturated carbocycles. The molecule has 0 radical (unpaired) electrons. The first-order valence-corrected chi connectivity index (χ1v) is 8.61. The minimum Gasteiger partial charge on any atom is -0.378 e. The summed E-state index contributed by atoms with van der Waals surface area (Å²) in [6.07, 6.45) is 0. The van der Waals surface area contributed by atoms with Crippen LogP contribution in [0.2, 0.25) is 5.02 Å². The van der Waals surface area contributed by atoms with Gasteiger partial charge in [-0.15, -0.1) is 0 Å². The van der Waals surface area contributed by atoms with Crippen molar-refractivity contribution >= 4 is 40.3 Å². The number of nitro benzene ring substituents is 2. The van der Waals surface area contributed by atoms with Crippen molar-refractivity contribution in [1.29, 1.82) is 0 Å². The number of rotatable bonds is 5. The number of ether oxygens (including phenoxy) is 1. The van der Waals surface area contributed by atoms with Gasteiger partial charge in [-0.05, 0) is 12.1 Å². The van der Waals surface area contributed by atoms with Crippen LogP contribution < -0.4 is 10.2 Å². The molecule has 1 heterocycles. The van der Waals surface area contributed by atoms with Crippen LogP contribution in [0.15, 0.2) is 36.4 Å². The van der Waals surface area contributed by atoms with Gasteiger partial charge in [-0.2, -0.15) is 0 Å². The number of carbonyl (C=O) groups excluding carboxylic acids is 1. The first-order chi connectivity index (χ1) is 13.4. The van der Waals surface area contributed by atoms with Crippen LogP contribution in [-0.2, 0) is 4.74 Å². The molecule has 146 valence electrons. The van der Waals surface area contributed by atoms with Crippen molar-refractivity contribution in [3.05, 3.63) is 67.2 Å². The van der Waals surface area contributed by atoms with Crippen LogP contribution in [-0.4, -0.2) is 42.1 Å². The zero-order valence-corrected chi connectivity index (χ0v) is 15.2. The van der Waals surface area contributed by atoms with E-state index in [1.165, 1.54) is 0 Å². The van der Waals surface area contributed by atoms with Crippen molar-refractivity contribution in [1.82, 2.24) is 0 Å². The molecular weight excluding hydrogens is 392 g/mol. The predicted octanol–water partition coefficient (Wildman–Crippen LogP) is 3.25. The number of morpholine rings is 1. The van der Waals surface area contributed by atoms with E-state index in [-0.39, 0.29) is 5.56 Å². The van der Waals surface area contributed by atoms with E-state index in [1.54, 1.807) is 18.2 Å². The van der Waals surface area contributed by atoms with Gasteiger partial charge in [-0.25, -0.2) is 0 Å². The van der Waals surface area contributed by atoms with Gasteiger partial charge in [0.25, 0.3) is 17.3 Å². The van der Waals surface area contributed by atoms with Gasteiger partial charge in [0.15, 0.2) is 0 Å². The van der Waals surface area contributed by atoms with Crippen molar-refractivity contribution in [3.63, 3.8) is 0 Å². The minimum absolute atomic E-state index is 0.200. The Hall–Kier alpha value is -3.24. The molecule has 1 fully saturated rings. The van der Waals surface area contributed by atoms with Gasteiger partial charge in [0.2, 0.25) is 0 Å². The molecule has 2 aromatic rings. The molecule has 1 N–H and O–H groups in total. The Morgan fingerprint density at radius 1 is 1.07 bits per heavy atom. The summed E-state index contributed by atoms with van der Waals surface area (Å²) in [4.78, 5) is 35.1. The van der Waals surface area contributed by atoms with E-state index in [1.807, 2.05) is 4.90 Å². The third-order valence-electron chi connectivity index (χ3n) is 4.15. The summed E-state index contributed by atoms with van der Waals surface area (Å²) < 4.78 is 5.32. The lowest BCUT2D eigenvalue weighted by Gasteiger charge is -2.31. The first kappa shape index (κ1) is 19.5. The van der Waals surface area contributed by atoms with Gasteiger partial charge in [-0.3, -0.25) is 25.0 Å². The van der Waals surface area contributed by atoms with E-state index < -0.39 is 27.1 Å². The number of benzene rings is 2. The number of nitrogens with zero attached hydrogens (tertiary/aromatic N) is 3. The number of nitrogens with one attached hydrogen (secondary N) is 1. The first-order valence-electron chi connectivity index (χ1n) is 8.23. The molecule has 11 heteroatoms. The van der Waals surface area contributed by atoms with Crippen molar-refractivity contribution in [2.45, 2.75) is 0 Å². The molecule has 1 aliphatic heterocycles. The fourth-order valence-electron chi connectivity index (χ4n) is 2.86. The highest BCUT2D eigenvalue weighted by atomic mass is 35.5. The molecule has 1 aliphatic rings. The fraction of sp³-hybridized carbons (Fsp3) is 0.235. The third-order valence-corrected chi connectivity index (χ3v) is 4.45. The van der Waals surface area contributed by atoms with E-state index in [4.69, 9.17) is 16.3 Å². The van der Waals surface area contributed by atoms with Crippen LogP contribution >= 0.6 is 11.6 Å². The lowest BCUT2D eigenvalue weighted by molar-refractivity contribution is -0.394. The SMILES string of the molecule is O=C(Nc1cccc(Cl)c1N1CCOCC1)c1cc([N+](=O)[O-])cc([N+](=O)[O-])c1. The normalized spacial score (nSPS) is 13.8. The number of carbonyl (C=O) groups is 1. The minimum atomic E-state index is -0.789. The summed E-state index contributed by atoms with van der Waals surface area (Å²) in [7, 11) is 0. The monoisotopic (exact) mass is 406 g/mol. The lowest BCUT2D eigenvalue weighted by Crippen LogP contribution is -2.37. The average molecular weight is 407 g/mol. The molecular formula is C17H15ClN4O6. The number of halogens is 1. The van der Waals surface area contributed by atoms with E-state index in [9.17, 15) is 25.0 Å². The van der Waals surface area contributed by atoms with Gasteiger partial charge in [0.05, 0.1) is 51.1 Å². The van der Waals surface area contributed by atoms with E-state index >= 15 is 0 Å². The fourth-order valence-corrected chi connectivity index (χ4v) is 3.15. The largest absolute Gasteiger partial charge is 0.378 e. The third kappa shape index (κ3) is 4.18. The van der Waals surface area contributed by atoms with Crippen molar-refractivity contribution in [3.8, 4) is 0 Å². The second kappa shape index (κ2) is 8.19. The Morgan fingerprint density at radius 3 is 2.25 bits per heavy atom. The Bertz CT molecular complexity index is 913. The van der Waals surface area contributed by atoms with Crippen LogP contribution in [0.4, 0.5) is 22.7 Å².